The number of halogens is 1. The smallest absolute Gasteiger partial charge is 0.244 e. The van der Waals surface area contributed by atoms with Crippen molar-refractivity contribution < 1.29 is 13.2 Å². The van der Waals surface area contributed by atoms with E-state index in [1.807, 2.05) is 0 Å². The third kappa shape index (κ3) is 3.46. The molecule has 1 aromatic carbocycles. The highest BCUT2D eigenvalue weighted by Gasteiger charge is 2.31. The summed E-state index contributed by atoms with van der Waals surface area (Å²) in [5.41, 5.74) is 0. The normalized spacial score (nSPS) is 24.7. The van der Waals surface area contributed by atoms with Gasteiger partial charge in [-0.05, 0) is 25.0 Å². The number of benzene rings is 1. The number of piperazine rings is 1. The molecule has 2 aliphatic rings. The highest BCUT2D eigenvalue weighted by atomic mass is 35.5. The van der Waals surface area contributed by atoms with Crippen molar-refractivity contribution >= 4 is 21.6 Å². The molecule has 7 heteroatoms. The van der Waals surface area contributed by atoms with Gasteiger partial charge in [0.15, 0.2) is 0 Å². The lowest BCUT2D eigenvalue weighted by Gasteiger charge is -2.35. The van der Waals surface area contributed by atoms with Crippen LogP contribution in [0.4, 0.5) is 0 Å². The summed E-state index contributed by atoms with van der Waals surface area (Å²) in [5, 5.41) is 0.282. The first-order chi connectivity index (χ1) is 10.6. The van der Waals surface area contributed by atoms with E-state index in [0.29, 0.717) is 19.2 Å². The highest BCUT2D eigenvalue weighted by Crippen LogP contribution is 2.25. The van der Waals surface area contributed by atoms with Gasteiger partial charge < -0.3 is 4.74 Å². The molecule has 0 saturated carbocycles. The summed E-state index contributed by atoms with van der Waals surface area (Å²) in [5.74, 6) is 0. The quantitative estimate of drug-likeness (QED) is 0.836. The van der Waals surface area contributed by atoms with Gasteiger partial charge in [0.05, 0.1) is 11.1 Å². The van der Waals surface area contributed by atoms with Crippen LogP contribution in [-0.2, 0) is 14.8 Å². The maximum atomic E-state index is 12.7. The van der Waals surface area contributed by atoms with Gasteiger partial charge in [-0.15, -0.1) is 0 Å². The molecule has 2 saturated heterocycles. The van der Waals surface area contributed by atoms with Crippen LogP contribution in [0.3, 0.4) is 0 Å². The number of nitrogens with zero attached hydrogens (tertiary/aromatic N) is 2. The van der Waals surface area contributed by atoms with E-state index in [2.05, 4.69) is 4.90 Å². The monoisotopic (exact) mass is 344 g/mol. The topological polar surface area (TPSA) is 49.9 Å². The Balaban J connectivity index is 1.62. The Labute approximate surface area is 136 Å². The molecule has 2 heterocycles. The van der Waals surface area contributed by atoms with Crippen molar-refractivity contribution in [2.75, 3.05) is 39.3 Å². The molecule has 1 unspecified atom stereocenters. The lowest BCUT2D eigenvalue weighted by molar-refractivity contribution is 0.0617. The molecule has 0 radical (unpaired) electrons. The first-order valence-electron chi connectivity index (χ1n) is 7.66. The number of hydrogen-bond acceptors (Lipinski definition) is 4. The van der Waals surface area contributed by atoms with E-state index in [1.165, 1.54) is 4.31 Å². The fourth-order valence-corrected chi connectivity index (χ4v) is 4.94. The largest absolute Gasteiger partial charge is 0.377 e. The lowest BCUT2D eigenvalue weighted by Crippen LogP contribution is -2.50. The molecule has 0 aromatic heterocycles. The maximum Gasteiger partial charge on any atom is 0.244 e. The van der Waals surface area contributed by atoms with E-state index in [4.69, 9.17) is 16.3 Å². The molecule has 0 spiro atoms. The standard InChI is InChI=1S/C15H21ClN2O3S/c16-14-5-1-2-6-15(14)22(19,20)18-9-7-17(8-10-18)12-13-4-3-11-21-13/h1-2,5-6,13H,3-4,7-12H2. The molecular weight excluding hydrogens is 324 g/mol. The van der Waals surface area contributed by atoms with E-state index in [1.54, 1.807) is 24.3 Å². The Morgan fingerprint density at radius 3 is 2.55 bits per heavy atom. The SMILES string of the molecule is O=S(=O)(c1ccccc1Cl)N1CCN(CC2CCCO2)CC1. The van der Waals surface area contributed by atoms with E-state index < -0.39 is 10.0 Å². The molecule has 2 aliphatic heterocycles. The second kappa shape index (κ2) is 6.84. The summed E-state index contributed by atoms with van der Waals surface area (Å²) in [6, 6.07) is 6.62. The van der Waals surface area contributed by atoms with Gasteiger partial charge in [-0.25, -0.2) is 8.42 Å². The average Bonchev–Trinajstić information content (AvgIpc) is 3.01. The molecule has 122 valence electrons. The van der Waals surface area contributed by atoms with Crippen molar-refractivity contribution in [3.63, 3.8) is 0 Å². The molecule has 22 heavy (non-hydrogen) atoms. The van der Waals surface area contributed by atoms with Gasteiger partial charge in [0.1, 0.15) is 4.90 Å². The maximum absolute atomic E-state index is 12.7. The van der Waals surface area contributed by atoms with Crippen molar-refractivity contribution in [3.8, 4) is 0 Å². The van der Waals surface area contributed by atoms with Gasteiger partial charge in [-0.3, -0.25) is 4.90 Å². The molecule has 1 aromatic rings. The minimum absolute atomic E-state index is 0.198. The summed E-state index contributed by atoms with van der Waals surface area (Å²) >= 11 is 6.04. The summed E-state index contributed by atoms with van der Waals surface area (Å²) in [4.78, 5) is 2.48. The van der Waals surface area contributed by atoms with Gasteiger partial charge in [0, 0.05) is 39.3 Å². The van der Waals surface area contributed by atoms with Crippen LogP contribution in [0.25, 0.3) is 0 Å². The average molecular weight is 345 g/mol. The number of sulfonamides is 1. The van der Waals surface area contributed by atoms with Crippen molar-refractivity contribution in [1.29, 1.82) is 0 Å². The van der Waals surface area contributed by atoms with Gasteiger partial charge in [0.2, 0.25) is 10.0 Å². The van der Waals surface area contributed by atoms with Crippen LogP contribution < -0.4 is 0 Å². The van der Waals surface area contributed by atoms with Crippen LogP contribution in [0.2, 0.25) is 5.02 Å². The Morgan fingerprint density at radius 2 is 1.91 bits per heavy atom. The molecule has 0 N–H and O–H groups in total. The van der Waals surface area contributed by atoms with Crippen molar-refractivity contribution in [1.82, 2.24) is 9.21 Å². The second-order valence-electron chi connectivity index (χ2n) is 5.77. The second-order valence-corrected chi connectivity index (χ2v) is 8.08. The van der Waals surface area contributed by atoms with Crippen LogP contribution >= 0.6 is 11.6 Å². The van der Waals surface area contributed by atoms with Gasteiger partial charge in [-0.2, -0.15) is 4.31 Å². The van der Waals surface area contributed by atoms with Crippen LogP contribution in [0.15, 0.2) is 29.2 Å². The zero-order valence-electron chi connectivity index (χ0n) is 12.4. The van der Waals surface area contributed by atoms with Gasteiger partial charge in [-0.1, -0.05) is 23.7 Å². The molecule has 0 bridgehead atoms. The van der Waals surface area contributed by atoms with E-state index in [-0.39, 0.29) is 9.92 Å². The van der Waals surface area contributed by atoms with Gasteiger partial charge in [0.25, 0.3) is 0 Å². The predicted octanol–water partition coefficient (Wildman–Crippen LogP) is 1.83. The van der Waals surface area contributed by atoms with Crippen molar-refractivity contribution in [3.05, 3.63) is 29.3 Å². The summed E-state index contributed by atoms with van der Waals surface area (Å²) < 4.78 is 32.5. The zero-order valence-corrected chi connectivity index (χ0v) is 14.0. The third-order valence-corrected chi connectivity index (χ3v) is 6.67. The Kier molecular flexibility index (Phi) is 5.04. The Bertz CT molecular complexity index is 609. The molecular formula is C15H21ClN2O3S. The van der Waals surface area contributed by atoms with Crippen LogP contribution in [-0.4, -0.2) is 63.1 Å². The molecule has 0 amide bonds. The fourth-order valence-electron chi connectivity index (χ4n) is 3.02. The summed E-state index contributed by atoms with van der Waals surface area (Å²) in [6.07, 6.45) is 2.55. The van der Waals surface area contributed by atoms with E-state index in [9.17, 15) is 8.42 Å². The minimum Gasteiger partial charge on any atom is -0.377 e. The zero-order chi connectivity index (χ0) is 15.6. The lowest BCUT2D eigenvalue weighted by atomic mass is 10.2. The molecule has 0 aliphatic carbocycles. The molecule has 1 atom stereocenters. The molecule has 3 rings (SSSR count). The minimum atomic E-state index is -3.50. The van der Waals surface area contributed by atoms with Crippen LogP contribution in [0.1, 0.15) is 12.8 Å². The van der Waals surface area contributed by atoms with Crippen molar-refractivity contribution in [2.24, 2.45) is 0 Å². The highest BCUT2D eigenvalue weighted by molar-refractivity contribution is 7.89. The third-order valence-electron chi connectivity index (χ3n) is 4.27. The molecule has 5 nitrogen and oxygen atoms in total. The van der Waals surface area contributed by atoms with Gasteiger partial charge >= 0.3 is 0 Å². The fraction of sp³-hybridized carbons (Fsp3) is 0.600. The predicted molar refractivity (Wildman–Crippen MR) is 85.6 cm³/mol. The number of ether oxygens (including phenoxy) is 1. The molecule has 2 fully saturated rings. The summed E-state index contributed by atoms with van der Waals surface area (Å²) in [7, 11) is -3.50. The first-order valence-corrected chi connectivity index (χ1v) is 9.48. The summed E-state index contributed by atoms with van der Waals surface area (Å²) in [6.45, 7) is 4.24. The Morgan fingerprint density at radius 1 is 1.18 bits per heavy atom. The Hall–Kier alpha value is -0.660. The number of hydrogen-bond donors (Lipinski definition) is 0. The number of rotatable bonds is 4. The van der Waals surface area contributed by atoms with Crippen LogP contribution in [0.5, 0.6) is 0 Å². The first kappa shape index (κ1) is 16.2. The van der Waals surface area contributed by atoms with E-state index in [0.717, 1.165) is 39.1 Å². The van der Waals surface area contributed by atoms with E-state index >= 15 is 0 Å². The van der Waals surface area contributed by atoms with Crippen LogP contribution in [0, 0.1) is 0 Å². The van der Waals surface area contributed by atoms with Crippen molar-refractivity contribution in [2.45, 2.75) is 23.8 Å².